The van der Waals surface area contributed by atoms with Gasteiger partial charge in [-0.2, -0.15) is 4.98 Å². The molecule has 152 valence electrons. The van der Waals surface area contributed by atoms with E-state index in [2.05, 4.69) is 45.4 Å². The Kier molecular flexibility index (Phi) is 6.10. The van der Waals surface area contributed by atoms with E-state index in [4.69, 9.17) is 14.0 Å². The second kappa shape index (κ2) is 9.09. The van der Waals surface area contributed by atoms with E-state index < -0.39 is 0 Å². The second-order valence-corrected chi connectivity index (χ2v) is 7.49. The zero-order valence-electron chi connectivity index (χ0n) is 17.0. The van der Waals surface area contributed by atoms with Gasteiger partial charge in [-0.05, 0) is 62.0 Å². The molecule has 1 saturated heterocycles. The molecule has 1 aromatic heterocycles. The summed E-state index contributed by atoms with van der Waals surface area (Å²) in [7, 11) is 3.23. The van der Waals surface area contributed by atoms with Gasteiger partial charge in [-0.3, -0.25) is 4.90 Å². The molecule has 29 heavy (non-hydrogen) atoms. The third-order valence-corrected chi connectivity index (χ3v) is 5.54. The molecule has 4 rings (SSSR count). The van der Waals surface area contributed by atoms with Gasteiger partial charge < -0.3 is 14.0 Å². The fourth-order valence-electron chi connectivity index (χ4n) is 3.90. The van der Waals surface area contributed by atoms with Crippen molar-refractivity contribution in [2.75, 3.05) is 27.3 Å². The molecule has 0 spiro atoms. The molecule has 0 saturated carbocycles. The molecule has 0 unspecified atom stereocenters. The maximum atomic E-state index is 5.50. The highest BCUT2D eigenvalue weighted by Gasteiger charge is 2.21. The molecule has 0 N–H and O–H groups in total. The van der Waals surface area contributed by atoms with E-state index in [0.717, 1.165) is 24.6 Å². The minimum Gasteiger partial charge on any atom is -0.493 e. The molecule has 0 radical (unpaired) electrons. The van der Waals surface area contributed by atoms with Crippen molar-refractivity contribution in [1.82, 2.24) is 15.0 Å². The number of nitrogens with zero attached hydrogens (tertiary/aromatic N) is 3. The fraction of sp³-hybridized carbons (Fsp3) is 0.391. The lowest BCUT2D eigenvalue weighted by molar-refractivity contribution is 0.159. The number of hydrogen-bond acceptors (Lipinski definition) is 6. The van der Waals surface area contributed by atoms with Crippen molar-refractivity contribution in [2.45, 2.75) is 25.8 Å². The molecule has 1 aliphatic heterocycles. The molecule has 3 aromatic rings. The second-order valence-electron chi connectivity index (χ2n) is 7.49. The van der Waals surface area contributed by atoms with E-state index in [-0.39, 0.29) is 0 Å². The lowest BCUT2D eigenvalue weighted by Gasteiger charge is -2.31. The summed E-state index contributed by atoms with van der Waals surface area (Å²) in [5.74, 6) is 3.30. The summed E-state index contributed by atoms with van der Waals surface area (Å²) in [6, 6.07) is 16.4. The smallest absolute Gasteiger partial charge is 0.241 e. The van der Waals surface area contributed by atoms with E-state index in [1.165, 1.54) is 24.8 Å². The molecular weight excluding hydrogens is 366 g/mol. The van der Waals surface area contributed by atoms with Crippen LogP contribution in [0.1, 0.15) is 24.3 Å². The van der Waals surface area contributed by atoms with Crippen molar-refractivity contribution >= 4 is 0 Å². The molecule has 6 heteroatoms. The topological polar surface area (TPSA) is 60.6 Å². The lowest BCUT2D eigenvalue weighted by Crippen LogP contribution is -2.33. The number of piperidine rings is 1. The molecule has 1 aliphatic rings. The van der Waals surface area contributed by atoms with Crippen LogP contribution in [0.3, 0.4) is 0 Å². The zero-order valence-corrected chi connectivity index (χ0v) is 17.0. The molecule has 0 atom stereocenters. The first-order chi connectivity index (χ1) is 14.2. The van der Waals surface area contributed by atoms with Crippen LogP contribution >= 0.6 is 0 Å². The Morgan fingerprint density at radius 3 is 2.48 bits per heavy atom. The Balaban J connectivity index is 1.33. The standard InChI is InChI=1S/C23H27N3O3/c1-27-20-9-8-19(15-21(20)28-2)23-24-22(29-25-23)16-26-12-10-18(11-13-26)14-17-6-4-3-5-7-17/h3-9,15,18H,10-14,16H2,1-2H3. The predicted molar refractivity (Wildman–Crippen MR) is 111 cm³/mol. The molecule has 1 fully saturated rings. The van der Waals surface area contributed by atoms with Gasteiger partial charge in [0.05, 0.1) is 20.8 Å². The Morgan fingerprint density at radius 2 is 1.76 bits per heavy atom. The van der Waals surface area contributed by atoms with Gasteiger partial charge >= 0.3 is 0 Å². The summed E-state index contributed by atoms with van der Waals surface area (Å²) in [5.41, 5.74) is 2.28. The van der Waals surface area contributed by atoms with Crippen LogP contribution in [0.25, 0.3) is 11.4 Å². The van der Waals surface area contributed by atoms with Crippen molar-refractivity contribution in [3.63, 3.8) is 0 Å². The maximum Gasteiger partial charge on any atom is 0.241 e. The molecule has 2 heterocycles. The summed E-state index contributed by atoms with van der Waals surface area (Å²) >= 11 is 0. The van der Waals surface area contributed by atoms with Gasteiger partial charge in [0.25, 0.3) is 0 Å². The first-order valence-electron chi connectivity index (χ1n) is 10.1. The number of rotatable bonds is 7. The summed E-state index contributed by atoms with van der Waals surface area (Å²) in [4.78, 5) is 6.97. The highest BCUT2D eigenvalue weighted by atomic mass is 16.5. The molecule has 6 nitrogen and oxygen atoms in total. The Hall–Kier alpha value is -2.86. The average Bonchev–Trinajstić information content (AvgIpc) is 3.24. The van der Waals surface area contributed by atoms with Crippen LogP contribution in [0.5, 0.6) is 11.5 Å². The third kappa shape index (κ3) is 4.77. The van der Waals surface area contributed by atoms with Crippen LogP contribution < -0.4 is 9.47 Å². The molecule has 0 aliphatic carbocycles. The Morgan fingerprint density at radius 1 is 1.00 bits per heavy atom. The Bertz CT molecular complexity index is 918. The van der Waals surface area contributed by atoms with Gasteiger partial charge in [0.2, 0.25) is 11.7 Å². The lowest BCUT2D eigenvalue weighted by atomic mass is 9.90. The Labute approximate surface area is 171 Å². The minimum absolute atomic E-state index is 0.569. The van der Waals surface area contributed by atoms with Gasteiger partial charge in [-0.1, -0.05) is 35.5 Å². The highest BCUT2D eigenvalue weighted by molar-refractivity contribution is 5.60. The van der Waals surface area contributed by atoms with Crippen molar-refractivity contribution in [1.29, 1.82) is 0 Å². The predicted octanol–water partition coefficient (Wildman–Crippen LogP) is 4.21. The SMILES string of the molecule is COc1ccc(-c2noc(CN3CCC(Cc4ccccc4)CC3)n2)cc1OC. The fourth-order valence-corrected chi connectivity index (χ4v) is 3.90. The largest absolute Gasteiger partial charge is 0.493 e. The van der Waals surface area contributed by atoms with Gasteiger partial charge in [0.15, 0.2) is 11.5 Å². The van der Waals surface area contributed by atoms with Crippen LogP contribution in [0, 0.1) is 5.92 Å². The summed E-state index contributed by atoms with van der Waals surface area (Å²) in [6.07, 6.45) is 3.57. The van der Waals surface area contributed by atoms with E-state index in [1.807, 2.05) is 18.2 Å². The third-order valence-electron chi connectivity index (χ3n) is 5.54. The first kappa shape index (κ1) is 19.5. The first-order valence-corrected chi connectivity index (χ1v) is 10.1. The number of benzene rings is 2. The van der Waals surface area contributed by atoms with Crippen LogP contribution in [0.4, 0.5) is 0 Å². The monoisotopic (exact) mass is 393 g/mol. The molecule has 0 bridgehead atoms. The van der Waals surface area contributed by atoms with Crippen molar-refractivity contribution in [3.05, 3.63) is 60.0 Å². The minimum atomic E-state index is 0.569. The van der Waals surface area contributed by atoms with E-state index in [1.54, 1.807) is 14.2 Å². The number of hydrogen-bond donors (Lipinski definition) is 0. The van der Waals surface area contributed by atoms with Crippen LogP contribution in [0.2, 0.25) is 0 Å². The van der Waals surface area contributed by atoms with E-state index in [9.17, 15) is 0 Å². The summed E-state index contributed by atoms with van der Waals surface area (Å²) < 4.78 is 16.1. The normalized spacial score (nSPS) is 15.4. The van der Waals surface area contributed by atoms with Crippen LogP contribution in [0.15, 0.2) is 53.1 Å². The summed E-state index contributed by atoms with van der Waals surface area (Å²) in [5, 5.41) is 4.14. The molecular formula is C23H27N3O3. The summed E-state index contributed by atoms with van der Waals surface area (Å²) in [6.45, 7) is 2.81. The van der Waals surface area contributed by atoms with Crippen molar-refractivity contribution < 1.29 is 14.0 Å². The van der Waals surface area contributed by atoms with Gasteiger partial charge in [-0.25, -0.2) is 0 Å². The van der Waals surface area contributed by atoms with E-state index in [0.29, 0.717) is 29.8 Å². The van der Waals surface area contributed by atoms with E-state index >= 15 is 0 Å². The number of likely N-dealkylation sites (tertiary alicyclic amines) is 1. The van der Waals surface area contributed by atoms with Crippen LogP contribution in [-0.4, -0.2) is 42.3 Å². The van der Waals surface area contributed by atoms with Crippen LogP contribution in [-0.2, 0) is 13.0 Å². The number of aromatic nitrogens is 2. The van der Waals surface area contributed by atoms with Gasteiger partial charge in [-0.15, -0.1) is 0 Å². The maximum absolute atomic E-state index is 5.50. The van der Waals surface area contributed by atoms with Crippen molar-refractivity contribution in [3.8, 4) is 22.9 Å². The zero-order chi connectivity index (χ0) is 20.1. The average molecular weight is 393 g/mol. The van der Waals surface area contributed by atoms with Gasteiger partial charge in [0.1, 0.15) is 0 Å². The van der Waals surface area contributed by atoms with Crippen molar-refractivity contribution in [2.24, 2.45) is 5.92 Å². The number of methoxy groups -OCH3 is 2. The molecule has 0 amide bonds. The van der Waals surface area contributed by atoms with Gasteiger partial charge in [0, 0.05) is 5.56 Å². The highest BCUT2D eigenvalue weighted by Crippen LogP contribution is 2.31. The quantitative estimate of drug-likeness (QED) is 0.599. The molecule has 2 aromatic carbocycles. The number of ether oxygens (including phenoxy) is 2.